The fourth-order valence-corrected chi connectivity index (χ4v) is 3.63. The first-order valence-electron chi connectivity index (χ1n) is 8.45. The van der Waals surface area contributed by atoms with Crippen molar-refractivity contribution in [2.75, 3.05) is 18.4 Å². The number of aromatic hydroxyl groups is 1. The van der Waals surface area contributed by atoms with Gasteiger partial charge in [0.2, 0.25) is 0 Å². The van der Waals surface area contributed by atoms with E-state index in [1.54, 1.807) is 12.1 Å². The van der Waals surface area contributed by atoms with Crippen molar-refractivity contribution in [3.63, 3.8) is 0 Å². The smallest absolute Gasteiger partial charge is 0.261 e. The molecule has 0 bridgehead atoms. The normalized spacial score (nSPS) is 15.4. The molecule has 1 amide bonds. The Bertz CT molecular complexity index is 708. The molecule has 1 aliphatic rings. The molecule has 0 radical (unpaired) electrons. The van der Waals surface area contributed by atoms with Crippen molar-refractivity contribution in [1.82, 2.24) is 9.88 Å². The molecule has 3 rings (SSSR count). The second-order valence-electron chi connectivity index (χ2n) is 6.14. The minimum absolute atomic E-state index is 0.00482. The summed E-state index contributed by atoms with van der Waals surface area (Å²) in [5.74, 6) is -0.323. The Kier molecular flexibility index (Phi) is 5.48. The Labute approximate surface area is 146 Å². The summed E-state index contributed by atoms with van der Waals surface area (Å²) in [5.41, 5.74) is 2.30. The van der Waals surface area contributed by atoms with Crippen LogP contribution >= 0.6 is 11.3 Å². The maximum absolute atomic E-state index is 12.4. The van der Waals surface area contributed by atoms with E-state index in [4.69, 9.17) is 0 Å². The lowest BCUT2D eigenvalue weighted by Gasteiger charge is -2.25. The summed E-state index contributed by atoms with van der Waals surface area (Å²) in [5, 5.41) is 15.3. The summed E-state index contributed by atoms with van der Waals surface area (Å²) >= 11 is 1.43. The Morgan fingerprint density at radius 2 is 2.12 bits per heavy atom. The average Bonchev–Trinajstić information content (AvgIpc) is 3.03. The molecule has 0 saturated carbocycles. The molecule has 1 saturated heterocycles. The molecule has 0 atom stereocenters. The van der Waals surface area contributed by atoms with Crippen LogP contribution in [-0.4, -0.2) is 34.0 Å². The summed E-state index contributed by atoms with van der Waals surface area (Å²) < 4.78 is 0. The van der Waals surface area contributed by atoms with Gasteiger partial charge in [-0.15, -0.1) is 11.3 Å². The number of nitrogens with one attached hydrogen (secondary N) is 1. The number of piperidine rings is 1. The van der Waals surface area contributed by atoms with E-state index in [-0.39, 0.29) is 11.7 Å². The molecule has 1 aromatic carbocycles. The second kappa shape index (κ2) is 7.77. The lowest BCUT2D eigenvalue weighted by Crippen LogP contribution is -2.29. The van der Waals surface area contributed by atoms with E-state index in [0.717, 1.165) is 37.3 Å². The van der Waals surface area contributed by atoms with Crippen LogP contribution in [0, 0.1) is 0 Å². The van der Waals surface area contributed by atoms with Gasteiger partial charge in [0.15, 0.2) is 5.13 Å². The number of hydrogen-bond acceptors (Lipinski definition) is 5. The molecule has 0 aliphatic carbocycles. The van der Waals surface area contributed by atoms with Crippen molar-refractivity contribution >= 4 is 22.4 Å². The fraction of sp³-hybridized carbons (Fsp3) is 0.444. The van der Waals surface area contributed by atoms with Gasteiger partial charge in [0, 0.05) is 11.9 Å². The Hall–Kier alpha value is -1.92. The Morgan fingerprint density at radius 3 is 2.88 bits per heavy atom. The predicted molar refractivity (Wildman–Crippen MR) is 96.7 cm³/mol. The highest BCUT2D eigenvalue weighted by Crippen LogP contribution is 2.23. The number of benzene rings is 1. The number of aromatic nitrogens is 1. The lowest BCUT2D eigenvalue weighted by molar-refractivity contribution is 0.102. The van der Waals surface area contributed by atoms with Gasteiger partial charge < -0.3 is 5.11 Å². The number of phenolic OH excluding ortho intramolecular Hbond substituents is 1. The van der Waals surface area contributed by atoms with Gasteiger partial charge >= 0.3 is 0 Å². The van der Waals surface area contributed by atoms with Crippen LogP contribution in [0.25, 0.3) is 0 Å². The summed E-state index contributed by atoms with van der Waals surface area (Å²) in [7, 11) is 0. The molecule has 128 valence electrons. The van der Waals surface area contributed by atoms with Crippen molar-refractivity contribution in [2.45, 2.75) is 39.2 Å². The Balaban J connectivity index is 1.64. The topological polar surface area (TPSA) is 65.5 Å². The summed E-state index contributed by atoms with van der Waals surface area (Å²) in [6.07, 6.45) is 4.63. The first-order valence-corrected chi connectivity index (χ1v) is 9.33. The van der Waals surface area contributed by atoms with Crippen LogP contribution < -0.4 is 5.32 Å². The summed E-state index contributed by atoms with van der Waals surface area (Å²) in [4.78, 5) is 19.3. The van der Waals surface area contributed by atoms with Gasteiger partial charge in [0.25, 0.3) is 5.91 Å². The largest absolute Gasteiger partial charge is 0.507 e. The number of amides is 1. The molecule has 2 aromatic rings. The van der Waals surface area contributed by atoms with Crippen molar-refractivity contribution < 1.29 is 9.90 Å². The molecule has 1 aliphatic heterocycles. The third kappa shape index (κ3) is 4.13. The van der Waals surface area contributed by atoms with Gasteiger partial charge in [-0.1, -0.05) is 19.4 Å². The monoisotopic (exact) mass is 345 g/mol. The van der Waals surface area contributed by atoms with E-state index >= 15 is 0 Å². The number of rotatable bonds is 5. The van der Waals surface area contributed by atoms with E-state index in [2.05, 4.69) is 15.2 Å². The van der Waals surface area contributed by atoms with Crippen LogP contribution in [-0.2, 0) is 13.0 Å². The molecule has 2 N–H and O–H groups in total. The van der Waals surface area contributed by atoms with Gasteiger partial charge in [-0.2, -0.15) is 0 Å². The van der Waals surface area contributed by atoms with Crippen LogP contribution in [0.15, 0.2) is 23.6 Å². The highest BCUT2D eigenvalue weighted by Gasteiger charge is 2.15. The van der Waals surface area contributed by atoms with Crippen LogP contribution in [0.3, 0.4) is 0 Å². The van der Waals surface area contributed by atoms with Gasteiger partial charge in [0.05, 0.1) is 11.3 Å². The number of thiazole rings is 1. The zero-order valence-electron chi connectivity index (χ0n) is 13.9. The van der Waals surface area contributed by atoms with Crippen LogP contribution in [0.5, 0.6) is 5.75 Å². The third-order valence-electron chi connectivity index (χ3n) is 4.32. The van der Waals surface area contributed by atoms with Crippen LogP contribution in [0.1, 0.15) is 47.8 Å². The molecular weight excluding hydrogens is 322 g/mol. The zero-order valence-corrected chi connectivity index (χ0v) is 14.7. The molecule has 1 aromatic heterocycles. The van der Waals surface area contributed by atoms with Gasteiger partial charge in [-0.25, -0.2) is 4.98 Å². The number of aryl methyl sites for hydroxylation is 1. The number of anilines is 1. The fourth-order valence-electron chi connectivity index (χ4n) is 2.93. The maximum atomic E-state index is 12.4. The number of carbonyl (C=O) groups is 1. The second-order valence-corrected chi connectivity index (χ2v) is 7.00. The standard InChI is InChI=1S/C18H23N3O2S/c1-2-13-6-7-16(22)15(10-13)17(23)20-18-19-14(12-24-18)11-21-8-4-3-5-9-21/h6-7,10,12,22H,2-5,8-9,11H2,1H3,(H,19,20,23). The minimum atomic E-state index is -0.318. The molecule has 6 heteroatoms. The Morgan fingerprint density at radius 1 is 1.33 bits per heavy atom. The van der Waals surface area contributed by atoms with Crippen molar-refractivity contribution in [3.8, 4) is 5.75 Å². The number of hydrogen-bond donors (Lipinski definition) is 2. The quantitative estimate of drug-likeness (QED) is 0.868. The van der Waals surface area contributed by atoms with E-state index in [1.165, 1.54) is 30.6 Å². The third-order valence-corrected chi connectivity index (χ3v) is 5.13. The maximum Gasteiger partial charge on any atom is 0.261 e. The summed E-state index contributed by atoms with van der Waals surface area (Å²) in [6, 6.07) is 5.12. The average molecular weight is 345 g/mol. The van der Waals surface area contributed by atoms with Gasteiger partial charge in [-0.05, 0) is 50.0 Å². The number of carbonyl (C=O) groups excluding carboxylic acids is 1. The molecule has 0 spiro atoms. The lowest BCUT2D eigenvalue weighted by atomic mass is 10.1. The van der Waals surface area contributed by atoms with Crippen LogP contribution in [0.2, 0.25) is 0 Å². The molecule has 1 fully saturated rings. The van der Waals surface area contributed by atoms with E-state index in [9.17, 15) is 9.90 Å². The van der Waals surface area contributed by atoms with E-state index < -0.39 is 0 Å². The molecular formula is C18H23N3O2S. The number of phenols is 1. The highest BCUT2D eigenvalue weighted by atomic mass is 32.1. The minimum Gasteiger partial charge on any atom is -0.507 e. The van der Waals surface area contributed by atoms with Gasteiger partial charge in [-0.3, -0.25) is 15.0 Å². The zero-order chi connectivity index (χ0) is 16.9. The number of nitrogens with zero attached hydrogens (tertiary/aromatic N) is 2. The number of likely N-dealkylation sites (tertiary alicyclic amines) is 1. The van der Waals surface area contributed by atoms with Gasteiger partial charge in [0.1, 0.15) is 5.75 Å². The predicted octanol–water partition coefficient (Wildman–Crippen LogP) is 3.65. The van der Waals surface area contributed by atoms with Crippen molar-refractivity contribution in [2.24, 2.45) is 0 Å². The first kappa shape index (κ1) is 16.9. The van der Waals surface area contributed by atoms with Crippen molar-refractivity contribution in [1.29, 1.82) is 0 Å². The molecule has 5 nitrogen and oxygen atoms in total. The first-order chi connectivity index (χ1) is 11.7. The van der Waals surface area contributed by atoms with E-state index in [1.807, 2.05) is 18.4 Å². The molecule has 0 unspecified atom stereocenters. The SMILES string of the molecule is CCc1ccc(O)c(C(=O)Nc2nc(CN3CCCCC3)cs2)c1. The highest BCUT2D eigenvalue weighted by molar-refractivity contribution is 7.14. The van der Waals surface area contributed by atoms with Crippen LogP contribution in [0.4, 0.5) is 5.13 Å². The van der Waals surface area contributed by atoms with Crippen molar-refractivity contribution in [3.05, 3.63) is 40.4 Å². The summed E-state index contributed by atoms with van der Waals surface area (Å²) in [6.45, 7) is 5.10. The molecule has 2 heterocycles. The van der Waals surface area contributed by atoms with E-state index in [0.29, 0.717) is 10.7 Å². The molecule has 24 heavy (non-hydrogen) atoms.